The highest BCUT2D eigenvalue weighted by atomic mass is 79.9. The van der Waals surface area contributed by atoms with Gasteiger partial charge in [-0.1, -0.05) is 22.0 Å². The first kappa shape index (κ1) is 15.8. The summed E-state index contributed by atoms with van der Waals surface area (Å²) in [4.78, 5) is 4.11. The van der Waals surface area contributed by atoms with Crippen molar-refractivity contribution in [2.75, 3.05) is 17.6 Å². The van der Waals surface area contributed by atoms with Gasteiger partial charge in [0.2, 0.25) is 10.0 Å². The van der Waals surface area contributed by atoms with Crippen LogP contribution in [0.4, 0.5) is 5.69 Å². The zero-order valence-corrected chi connectivity index (χ0v) is 13.8. The van der Waals surface area contributed by atoms with E-state index in [2.05, 4.69) is 25.6 Å². The predicted molar refractivity (Wildman–Crippen MR) is 86.0 cm³/mol. The lowest BCUT2D eigenvalue weighted by atomic mass is 10.3. The molecule has 0 unspecified atom stereocenters. The number of anilines is 1. The number of aryl methyl sites for hydroxylation is 1. The number of halogens is 1. The van der Waals surface area contributed by atoms with Crippen molar-refractivity contribution in [3.8, 4) is 5.75 Å². The maximum Gasteiger partial charge on any atom is 0.233 e. The van der Waals surface area contributed by atoms with Crippen LogP contribution in [0.3, 0.4) is 0 Å². The number of hydrogen-bond acceptors (Lipinski definition) is 4. The van der Waals surface area contributed by atoms with Gasteiger partial charge in [0.1, 0.15) is 5.75 Å². The molecule has 0 spiro atoms. The Hall–Kier alpha value is -1.60. The van der Waals surface area contributed by atoms with Crippen LogP contribution in [0, 0.1) is 0 Å². The van der Waals surface area contributed by atoms with Crippen molar-refractivity contribution in [2.24, 2.45) is 0 Å². The predicted octanol–water partition coefficient (Wildman–Crippen LogP) is 2.84. The molecule has 2 rings (SSSR count). The van der Waals surface area contributed by atoms with Gasteiger partial charge in [-0.25, -0.2) is 8.42 Å². The summed E-state index contributed by atoms with van der Waals surface area (Å²) in [5.41, 5.74) is 1.15. The average molecular weight is 371 g/mol. The molecule has 7 heteroatoms. The second-order valence-corrected chi connectivity index (χ2v) is 7.09. The van der Waals surface area contributed by atoms with Crippen molar-refractivity contribution >= 4 is 31.6 Å². The first-order valence-electron chi connectivity index (χ1n) is 6.24. The molecule has 1 heterocycles. The molecule has 0 bridgehead atoms. The smallest absolute Gasteiger partial charge is 0.233 e. The topological polar surface area (TPSA) is 68.3 Å². The lowest BCUT2D eigenvalue weighted by Gasteiger charge is -2.12. The Bertz CT molecular complexity index is 705. The molecule has 0 saturated heterocycles. The van der Waals surface area contributed by atoms with E-state index in [0.29, 0.717) is 17.9 Å². The highest BCUT2D eigenvalue weighted by molar-refractivity contribution is 9.10. The van der Waals surface area contributed by atoms with Gasteiger partial charge in [0, 0.05) is 22.8 Å². The highest BCUT2D eigenvalue weighted by Crippen LogP contribution is 2.28. The Morgan fingerprint density at radius 1 is 1.29 bits per heavy atom. The van der Waals surface area contributed by atoms with Crippen LogP contribution in [-0.2, 0) is 16.4 Å². The van der Waals surface area contributed by atoms with Crippen LogP contribution in [0.25, 0.3) is 0 Å². The first-order valence-corrected chi connectivity index (χ1v) is 8.68. The fourth-order valence-electron chi connectivity index (χ4n) is 1.76. The minimum Gasteiger partial charge on any atom is -0.495 e. The van der Waals surface area contributed by atoms with Gasteiger partial charge in [-0.05, 0) is 30.3 Å². The molecule has 1 N–H and O–H groups in total. The normalized spacial score (nSPS) is 11.1. The minimum absolute atomic E-state index is 0.0420. The summed E-state index contributed by atoms with van der Waals surface area (Å²) in [7, 11) is -1.98. The molecule has 1 aromatic heterocycles. The van der Waals surface area contributed by atoms with E-state index in [0.717, 1.165) is 10.2 Å². The van der Waals surface area contributed by atoms with Gasteiger partial charge >= 0.3 is 0 Å². The van der Waals surface area contributed by atoms with Gasteiger partial charge in [0.05, 0.1) is 18.6 Å². The number of benzene rings is 1. The average Bonchev–Trinajstić information content (AvgIpc) is 2.46. The molecule has 0 saturated carbocycles. The van der Waals surface area contributed by atoms with E-state index in [1.54, 1.807) is 36.5 Å². The third-order valence-corrected chi connectivity index (χ3v) is 4.55. The standard InChI is InChI=1S/C14H15BrN2O3S/c1-20-14-6-5-11(15)10-13(14)17-21(18,19)9-7-12-4-2-3-8-16-12/h2-6,8,10,17H,7,9H2,1H3. The molecule has 0 aliphatic rings. The Morgan fingerprint density at radius 2 is 2.10 bits per heavy atom. The van der Waals surface area contributed by atoms with E-state index >= 15 is 0 Å². The maximum absolute atomic E-state index is 12.1. The number of rotatable bonds is 6. The van der Waals surface area contributed by atoms with E-state index in [4.69, 9.17) is 4.74 Å². The summed E-state index contributed by atoms with van der Waals surface area (Å²) in [5, 5.41) is 0. The maximum atomic E-state index is 12.1. The Kier molecular flexibility index (Phi) is 5.19. The lowest BCUT2D eigenvalue weighted by molar-refractivity contribution is 0.417. The SMILES string of the molecule is COc1ccc(Br)cc1NS(=O)(=O)CCc1ccccn1. The molecule has 0 aliphatic heterocycles. The quantitative estimate of drug-likeness (QED) is 0.848. The molecular formula is C14H15BrN2O3S. The van der Waals surface area contributed by atoms with Crippen LogP contribution in [-0.4, -0.2) is 26.3 Å². The summed E-state index contributed by atoms with van der Waals surface area (Å²) in [5.74, 6) is 0.430. The molecule has 0 radical (unpaired) electrons. The molecule has 0 fully saturated rings. The second-order valence-electron chi connectivity index (χ2n) is 4.34. The molecule has 1 aromatic carbocycles. The van der Waals surface area contributed by atoms with Gasteiger partial charge < -0.3 is 4.74 Å². The molecular weight excluding hydrogens is 356 g/mol. The molecule has 0 amide bonds. The Balaban J connectivity index is 2.09. The van der Waals surface area contributed by atoms with Gasteiger partial charge in [-0.15, -0.1) is 0 Å². The summed E-state index contributed by atoms with van der Waals surface area (Å²) in [6, 6.07) is 10.6. The molecule has 112 valence electrons. The van der Waals surface area contributed by atoms with Crippen LogP contribution >= 0.6 is 15.9 Å². The largest absolute Gasteiger partial charge is 0.495 e. The van der Waals surface area contributed by atoms with Gasteiger partial charge in [-0.2, -0.15) is 0 Å². The third kappa shape index (κ3) is 4.71. The molecule has 2 aromatic rings. The molecule has 0 aliphatic carbocycles. The highest BCUT2D eigenvalue weighted by Gasteiger charge is 2.14. The second kappa shape index (κ2) is 6.91. The lowest BCUT2D eigenvalue weighted by Crippen LogP contribution is -2.19. The van der Waals surface area contributed by atoms with Crippen molar-refractivity contribution < 1.29 is 13.2 Å². The number of sulfonamides is 1. The summed E-state index contributed by atoms with van der Waals surface area (Å²) < 4.78 is 32.7. The van der Waals surface area contributed by atoms with Crippen LogP contribution < -0.4 is 9.46 Å². The number of hydrogen-bond donors (Lipinski definition) is 1. The fourth-order valence-corrected chi connectivity index (χ4v) is 3.20. The molecule has 0 atom stereocenters. The van der Waals surface area contributed by atoms with Gasteiger partial charge in [0.15, 0.2) is 0 Å². The fraction of sp³-hybridized carbons (Fsp3) is 0.214. The zero-order chi connectivity index (χ0) is 15.3. The van der Waals surface area contributed by atoms with E-state index in [-0.39, 0.29) is 5.75 Å². The minimum atomic E-state index is -3.47. The van der Waals surface area contributed by atoms with Crippen LogP contribution in [0.5, 0.6) is 5.75 Å². The van der Waals surface area contributed by atoms with Gasteiger partial charge in [0.25, 0.3) is 0 Å². The Morgan fingerprint density at radius 3 is 2.76 bits per heavy atom. The van der Waals surface area contributed by atoms with E-state index in [9.17, 15) is 8.42 Å². The van der Waals surface area contributed by atoms with E-state index in [1.165, 1.54) is 7.11 Å². The number of pyridine rings is 1. The summed E-state index contributed by atoms with van der Waals surface area (Å²) in [6.07, 6.45) is 2.00. The summed E-state index contributed by atoms with van der Waals surface area (Å²) in [6.45, 7) is 0. The number of ether oxygens (including phenoxy) is 1. The van der Waals surface area contributed by atoms with E-state index < -0.39 is 10.0 Å². The summed E-state index contributed by atoms with van der Waals surface area (Å²) >= 11 is 3.31. The molecule has 5 nitrogen and oxygen atoms in total. The Labute approximate surface area is 132 Å². The van der Waals surface area contributed by atoms with Crippen LogP contribution in [0.15, 0.2) is 47.1 Å². The van der Waals surface area contributed by atoms with Crippen molar-refractivity contribution in [1.82, 2.24) is 4.98 Å². The number of aromatic nitrogens is 1. The first-order chi connectivity index (χ1) is 10.00. The van der Waals surface area contributed by atoms with Crippen LogP contribution in [0.1, 0.15) is 5.69 Å². The van der Waals surface area contributed by atoms with Crippen LogP contribution in [0.2, 0.25) is 0 Å². The number of nitrogens with one attached hydrogen (secondary N) is 1. The van der Waals surface area contributed by atoms with Gasteiger partial charge in [-0.3, -0.25) is 9.71 Å². The van der Waals surface area contributed by atoms with Crippen molar-refractivity contribution in [2.45, 2.75) is 6.42 Å². The van der Waals surface area contributed by atoms with E-state index in [1.807, 2.05) is 6.07 Å². The number of nitrogens with zero attached hydrogens (tertiary/aromatic N) is 1. The molecule has 21 heavy (non-hydrogen) atoms. The van der Waals surface area contributed by atoms with Crippen molar-refractivity contribution in [3.63, 3.8) is 0 Å². The zero-order valence-electron chi connectivity index (χ0n) is 11.4. The van der Waals surface area contributed by atoms with Crippen molar-refractivity contribution in [3.05, 3.63) is 52.8 Å². The van der Waals surface area contributed by atoms with Crippen molar-refractivity contribution in [1.29, 1.82) is 0 Å². The monoisotopic (exact) mass is 370 g/mol. The third-order valence-electron chi connectivity index (χ3n) is 2.78. The number of methoxy groups -OCH3 is 1.